The number of aromatic nitrogens is 2. The Morgan fingerprint density at radius 3 is 2.20 bits per heavy atom. The molecule has 1 aromatic heterocycles. The number of benzene rings is 1. The van der Waals surface area contributed by atoms with Crippen LogP contribution < -0.4 is 5.73 Å². The summed E-state index contributed by atoms with van der Waals surface area (Å²) >= 11 is 0. The second-order valence-corrected chi connectivity index (χ2v) is 2.93. The zero-order chi connectivity index (χ0) is 11.0. The van der Waals surface area contributed by atoms with E-state index in [9.17, 15) is 13.2 Å². The van der Waals surface area contributed by atoms with Gasteiger partial charge in [-0.2, -0.15) is 0 Å². The molecular weight excluding hydrogens is 207 g/mol. The topological polar surface area (TPSA) is 54.7 Å². The van der Waals surface area contributed by atoms with Gasteiger partial charge in [-0.1, -0.05) is 0 Å². The first kappa shape index (κ1) is 9.57. The molecule has 2 rings (SSSR count). The van der Waals surface area contributed by atoms with Crippen LogP contribution in [0, 0.1) is 17.5 Å². The number of H-pyrrole nitrogens is 1. The van der Waals surface area contributed by atoms with Crippen LogP contribution in [0.3, 0.4) is 0 Å². The van der Waals surface area contributed by atoms with Crippen LogP contribution in [0.4, 0.5) is 19.1 Å². The molecule has 0 amide bonds. The maximum absolute atomic E-state index is 13.2. The molecule has 0 radical (unpaired) electrons. The summed E-state index contributed by atoms with van der Waals surface area (Å²) in [6, 6.07) is 1.19. The highest BCUT2D eigenvalue weighted by molar-refractivity contribution is 5.61. The van der Waals surface area contributed by atoms with E-state index in [2.05, 4.69) is 9.97 Å². The molecule has 0 bridgehead atoms. The maximum Gasteiger partial charge on any atom is 0.197 e. The van der Waals surface area contributed by atoms with Gasteiger partial charge in [-0.25, -0.2) is 18.2 Å². The largest absolute Gasteiger partial charge is 0.369 e. The van der Waals surface area contributed by atoms with E-state index in [1.54, 1.807) is 0 Å². The molecule has 0 aliphatic carbocycles. The van der Waals surface area contributed by atoms with Gasteiger partial charge in [0.05, 0.1) is 17.5 Å². The number of nitrogens with zero attached hydrogens (tertiary/aromatic N) is 1. The first-order valence-electron chi connectivity index (χ1n) is 4.03. The predicted octanol–water partition coefficient (Wildman–Crippen LogP) is 2.08. The lowest BCUT2D eigenvalue weighted by molar-refractivity contribution is 0.547. The van der Waals surface area contributed by atoms with E-state index in [-0.39, 0.29) is 17.2 Å². The molecule has 0 spiro atoms. The second-order valence-electron chi connectivity index (χ2n) is 2.93. The first-order chi connectivity index (χ1) is 7.08. The number of anilines is 1. The minimum atomic E-state index is -1.00. The summed E-state index contributed by atoms with van der Waals surface area (Å²) in [4.78, 5) is 6.05. The van der Waals surface area contributed by atoms with E-state index < -0.39 is 17.5 Å². The van der Waals surface area contributed by atoms with Crippen LogP contribution >= 0.6 is 0 Å². The van der Waals surface area contributed by atoms with E-state index in [1.807, 2.05) is 0 Å². The van der Waals surface area contributed by atoms with Crippen LogP contribution in [0.5, 0.6) is 0 Å². The van der Waals surface area contributed by atoms with Gasteiger partial charge in [0.2, 0.25) is 0 Å². The van der Waals surface area contributed by atoms with Crippen LogP contribution in [0.25, 0.3) is 11.3 Å². The molecule has 0 saturated carbocycles. The Kier molecular flexibility index (Phi) is 2.11. The Bertz CT molecular complexity index is 484. The molecule has 0 aliphatic rings. The highest BCUT2D eigenvalue weighted by atomic mass is 19.1. The number of hydrogen-bond acceptors (Lipinski definition) is 2. The van der Waals surface area contributed by atoms with Crippen molar-refractivity contribution in [3.05, 3.63) is 35.8 Å². The van der Waals surface area contributed by atoms with E-state index in [4.69, 9.17) is 5.73 Å². The van der Waals surface area contributed by atoms with Crippen molar-refractivity contribution in [1.29, 1.82) is 0 Å². The lowest BCUT2D eigenvalue weighted by atomic mass is 10.1. The molecule has 3 N–H and O–H groups in total. The van der Waals surface area contributed by atoms with E-state index >= 15 is 0 Å². The van der Waals surface area contributed by atoms with Crippen molar-refractivity contribution in [3.63, 3.8) is 0 Å². The van der Waals surface area contributed by atoms with Crippen molar-refractivity contribution < 1.29 is 13.2 Å². The van der Waals surface area contributed by atoms with Gasteiger partial charge in [-0.3, -0.25) is 0 Å². The summed E-state index contributed by atoms with van der Waals surface area (Å²) in [6.45, 7) is 0. The molecule has 2 aromatic rings. The Labute approximate surface area is 82.8 Å². The van der Waals surface area contributed by atoms with Crippen molar-refractivity contribution >= 4 is 5.95 Å². The monoisotopic (exact) mass is 213 g/mol. The van der Waals surface area contributed by atoms with Crippen molar-refractivity contribution in [3.8, 4) is 11.3 Å². The molecule has 0 aliphatic heterocycles. The fourth-order valence-corrected chi connectivity index (χ4v) is 1.26. The molecular formula is C9H6F3N3. The third-order valence-electron chi connectivity index (χ3n) is 1.87. The molecule has 0 atom stereocenters. The molecule has 1 aromatic carbocycles. The highest BCUT2D eigenvalue weighted by Crippen LogP contribution is 2.25. The fraction of sp³-hybridized carbons (Fsp3) is 0. The number of hydrogen-bond donors (Lipinski definition) is 2. The minimum absolute atomic E-state index is 0.0353. The second kappa shape index (κ2) is 3.30. The van der Waals surface area contributed by atoms with Crippen LogP contribution in [0.2, 0.25) is 0 Å². The molecule has 0 fully saturated rings. The Hall–Kier alpha value is -1.98. The lowest BCUT2D eigenvalue weighted by Crippen LogP contribution is -1.93. The first-order valence-corrected chi connectivity index (χ1v) is 4.03. The fourth-order valence-electron chi connectivity index (χ4n) is 1.26. The quantitative estimate of drug-likeness (QED) is 0.761. The van der Waals surface area contributed by atoms with Crippen LogP contribution in [0.1, 0.15) is 0 Å². The molecule has 3 nitrogen and oxygen atoms in total. The highest BCUT2D eigenvalue weighted by Gasteiger charge is 2.15. The molecule has 1 heterocycles. The Balaban J connectivity index is 2.62. The normalized spacial score (nSPS) is 10.6. The molecule has 0 unspecified atom stereocenters. The minimum Gasteiger partial charge on any atom is -0.369 e. The number of rotatable bonds is 1. The van der Waals surface area contributed by atoms with Gasteiger partial charge < -0.3 is 10.7 Å². The van der Waals surface area contributed by atoms with Gasteiger partial charge in [0.1, 0.15) is 17.5 Å². The Morgan fingerprint density at radius 1 is 1.13 bits per heavy atom. The summed E-state index contributed by atoms with van der Waals surface area (Å²) in [6.07, 6.45) is 1.18. The van der Waals surface area contributed by atoms with Gasteiger partial charge in [-0.05, 0) is 0 Å². The van der Waals surface area contributed by atoms with Gasteiger partial charge in [0.15, 0.2) is 5.95 Å². The summed E-state index contributed by atoms with van der Waals surface area (Å²) in [7, 11) is 0. The predicted molar refractivity (Wildman–Crippen MR) is 48.3 cm³/mol. The number of halogens is 3. The van der Waals surface area contributed by atoms with Gasteiger partial charge in [0.25, 0.3) is 0 Å². The van der Waals surface area contributed by atoms with Gasteiger partial charge >= 0.3 is 0 Å². The third-order valence-corrected chi connectivity index (χ3v) is 1.87. The van der Waals surface area contributed by atoms with Crippen molar-refractivity contribution in [1.82, 2.24) is 9.97 Å². The summed E-state index contributed by atoms with van der Waals surface area (Å²) in [5.74, 6) is -2.94. The molecule has 78 valence electrons. The smallest absolute Gasteiger partial charge is 0.197 e. The average molecular weight is 213 g/mol. The SMILES string of the molecule is Nc1ncc(-c2c(F)cc(F)cc2F)[nH]1. The number of aromatic amines is 1. The van der Waals surface area contributed by atoms with E-state index in [0.717, 1.165) is 0 Å². The van der Waals surface area contributed by atoms with Crippen LogP contribution in [-0.2, 0) is 0 Å². The number of imidazole rings is 1. The standard InChI is InChI=1S/C9H6F3N3/c10-4-1-5(11)8(6(12)2-4)7-3-14-9(13)15-7/h1-3H,(H3,13,14,15). The summed E-state index contributed by atoms with van der Waals surface area (Å²) in [5, 5.41) is 0. The summed E-state index contributed by atoms with van der Waals surface area (Å²) in [5.41, 5.74) is 4.96. The van der Waals surface area contributed by atoms with Crippen LogP contribution in [0.15, 0.2) is 18.3 Å². The van der Waals surface area contributed by atoms with Crippen LogP contribution in [-0.4, -0.2) is 9.97 Å². The van der Waals surface area contributed by atoms with Crippen molar-refractivity contribution in [2.24, 2.45) is 0 Å². The zero-order valence-corrected chi connectivity index (χ0v) is 7.39. The molecule has 0 saturated heterocycles. The number of nitrogen functional groups attached to an aromatic ring is 1. The van der Waals surface area contributed by atoms with Gasteiger partial charge in [0, 0.05) is 12.1 Å². The maximum atomic E-state index is 13.2. The number of nitrogens with one attached hydrogen (secondary N) is 1. The zero-order valence-electron chi connectivity index (χ0n) is 7.39. The van der Waals surface area contributed by atoms with Crippen molar-refractivity contribution in [2.45, 2.75) is 0 Å². The molecule has 15 heavy (non-hydrogen) atoms. The van der Waals surface area contributed by atoms with E-state index in [1.165, 1.54) is 6.20 Å². The molecule has 6 heteroatoms. The van der Waals surface area contributed by atoms with E-state index in [0.29, 0.717) is 12.1 Å². The van der Waals surface area contributed by atoms with Gasteiger partial charge in [-0.15, -0.1) is 0 Å². The van der Waals surface area contributed by atoms with Crippen molar-refractivity contribution in [2.75, 3.05) is 5.73 Å². The lowest BCUT2D eigenvalue weighted by Gasteiger charge is -2.01. The Morgan fingerprint density at radius 2 is 1.73 bits per heavy atom. The summed E-state index contributed by atoms with van der Waals surface area (Å²) < 4.78 is 39.1. The third kappa shape index (κ3) is 1.65. The average Bonchev–Trinajstić information content (AvgIpc) is 2.49. The number of nitrogens with two attached hydrogens (primary N) is 1.